The van der Waals surface area contributed by atoms with Crippen molar-refractivity contribution >= 4 is 23.6 Å². The van der Waals surface area contributed by atoms with Crippen LogP contribution in [0.15, 0.2) is 0 Å². The summed E-state index contributed by atoms with van der Waals surface area (Å²) in [5.74, 6) is -0.0231. The Morgan fingerprint density at radius 1 is 1.36 bits per heavy atom. The van der Waals surface area contributed by atoms with Gasteiger partial charge < -0.3 is 0 Å². The first-order valence-corrected chi connectivity index (χ1v) is 6.03. The van der Waals surface area contributed by atoms with Crippen LogP contribution in [0.4, 0.5) is 0 Å². The van der Waals surface area contributed by atoms with Gasteiger partial charge in [-0.2, -0.15) is 11.8 Å². The topological polar surface area (TPSA) is 46.2 Å². The maximum Gasteiger partial charge on any atom is 0.226 e. The molecule has 0 aromatic rings. The number of piperidine rings is 1. The average Bonchev–Trinajstić information content (AvgIpc) is 2.01. The van der Waals surface area contributed by atoms with Crippen LogP contribution in [-0.2, 0) is 9.59 Å². The van der Waals surface area contributed by atoms with Crippen molar-refractivity contribution in [1.82, 2.24) is 5.32 Å². The summed E-state index contributed by atoms with van der Waals surface area (Å²) >= 11 is 1.78. The molecule has 0 aromatic carbocycles. The summed E-state index contributed by atoms with van der Waals surface area (Å²) in [5, 5.41) is 2.33. The summed E-state index contributed by atoms with van der Waals surface area (Å²) in [6.07, 6.45) is 3.98. The second-order valence-corrected chi connectivity index (χ2v) is 5.93. The molecule has 1 aliphatic rings. The number of hydrogen-bond acceptors (Lipinski definition) is 3. The number of imide groups is 1. The van der Waals surface area contributed by atoms with Gasteiger partial charge in [-0.15, -0.1) is 0 Å². The normalized spacial score (nSPS) is 19.6. The second kappa shape index (κ2) is 4.34. The van der Waals surface area contributed by atoms with E-state index in [-0.39, 0.29) is 22.5 Å². The Bertz CT molecular complexity index is 235. The minimum absolute atomic E-state index is 0.122. The fourth-order valence-electron chi connectivity index (χ4n) is 1.78. The lowest BCUT2D eigenvalue weighted by atomic mass is 9.88. The number of hydrogen-bond donors (Lipinski definition) is 1. The molecule has 0 bridgehead atoms. The number of amides is 2. The maximum atomic E-state index is 11.1. The maximum absolute atomic E-state index is 11.1. The van der Waals surface area contributed by atoms with Crippen molar-refractivity contribution in [3.8, 4) is 0 Å². The van der Waals surface area contributed by atoms with Crippen molar-refractivity contribution in [2.24, 2.45) is 5.92 Å². The van der Waals surface area contributed by atoms with Crippen molar-refractivity contribution in [3.63, 3.8) is 0 Å². The summed E-state index contributed by atoms with van der Waals surface area (Å²) in [6.45, 7) is 4.29. The van der Waals surface area contributed by atoms with Gasteiger partial charge in [0.05, 0.1) is 0 Å². The minimum Gasteiger partial charge on any atom is -0.296 e. The molecule has 1 aliphatic heterocycles. The zero-order chi connectivity index (χ0) is 10.8. The van der Waals surface area contributed by atoms with Crippen molar-refractivity contribution in [1.29, 1.82) is 0 Å². The Morgan fingerprint density at radius 2 is 1.86 bits per heavy atom. The lowest BCUT2D eigenvalue weighted by molar-refractivity contribution is -0.134. The average molecular weight is 215 g/mol. The molecule has 80 valence electrons. The molecule has 0 atom stereocenters. The van der Waals surface area contributed by atoms with E-state index in [4.69, 9.17) is 0 Å². The van der Waals surface area contributed by atoms with Crippen molar-refractivity contribution in [2.75, 3.05) is 6.26 Å². The van der Waals surface area contributed by atoms with Gasteiger partial charge in [-0.05, 0) is 18.6 Å². The first-order chi connectivity index (χ1) is 6.43. The first-order valence-electron chi connectivity index (χ1n) is 4.81. The van der Waals surface area contributed by atoms with Crippen molar-refractivity contribution in [2.45, 2.75) is 37.9 Å². The van der Waals surface area contributed by atoms with Gasteiger partial charge >= 0.3 is 0 Å². The largest absolute Gasteiger partial charge is 0.296 e. The molecule has 1 saturated heterocycles. The van der Waals surface area contributed by atoms with Crippen LogP contribution in [0.1, 0.15) is 33.1 Å². The van der Waals surface area contributed by atoms with E-state index in [1.54, 1.807) is 11.8 Å². The molecule has 1 fully saturated rings. The van der Waals surface area contributed by atoms with Gasteiger partial charge in [-0.1, -0.05) is 13.8 Å². The monoisotopic (exact) mass is 215 g/mol. The number of carbonyl (C=O) groups excluding carboxylic acids is 2. The quantitative estimate of drug-likeness (QED) is 0.727. The van der Waals surface area contributed by atoms with Gasteiger partial charge in [0.25, 0.3) is 0 Å². The molecular formula is C10H17NO2S. The number of rotatable bonds is 3. The van der Waals surface area contributed by atoms with E-state index in [1.807, 2.05) is 0 Å². The predicted molar refractivity (Wildman–Crippen MR) is 58.1 cm³/mol. The number of nitrogens with one attached hydrogen (secondary N) is 1. The predicted octanol–water partition coefficient (Wildman–Crippen LogP) is 1.57. The standard InChI is InChI=1S/C10H17NO2S/c1-10(2,14-3)6-7-4-8(12)11-9(13)5-7/h7H,4-6H2,1-3H3,(H,11,12,13). The van der Waals surface area contributed by atoms with E-state index in [0.717, 1.165) is 6.42 Å². The fourth-order valence-corrected chi connectivity index (χ4v) is 2.18. The SMILES string of the molecule is CSC(C)(C)CC1CC(=O)NC(=O)C1. The summed E-state index contributed by atoms with van der Waals surface area (Å²) in [4.78, 5) is 22.2. The van der Waals surface area contributed by atoms with Gasteiger partial charge in [0.2, 0.25) is 11.8 Å². The molecule has 0 aliphatic carbocycles. The van der Waals surface area contributed by atoms with Crippen LogP contribution in [0.3, 0.4) is 0 Å². The molecule has 14 heavy (non-hydrogen) atoms. The third kappa shape index (κ3) is 3.33. The zero-order valence-electron chi connectivity index (χ0n) is 8.92. The highest BCUT2D eigenvalue weighted by atomic mass is 32.2. The molecule has 1 rings (SSSR count). The Labute approximate surface area is 89.0 Å². The molecule has 0 unspecified atom stereocenters. The van der Waals surface area contributed by atoms with Crippen LogP contribution in [0.5, 0.6) is 0 Å². The van der Waals surface area contributed by atoms with Crippen LogP contribution in [0, 0.1) is 5.92 Å². The van der Waals surface area contributed by atoms with Crippen molar-refractivity contribution in [3.05, 3.63) is 0 Å². The van der Waals surface area contributed by atoms with E-state index < -0.39 is 0 Å². The molecule has 0 saturated carbocycles. The van der Waals surface area contributed by atoms with Crippen LogP contribution in [0.2, 0.25) is 0 Å². The van der Waals surface area contributed by atoms with Crippen LogP contribution >= 0.6 is 11.8 Å². The third-order valence-corrected chi connectivity index (χ3v) is 3.83. The summed E-state index contributed by atoms with van der Waals surface area (Å²) in [7, 11) is 0. The van der Waals surface area contributed by atoms with Gasteiger partial charge in [0.15, 0.2) is 0 Å². The van der Waals surface area contributed by atoms with Crippen LogP contribution < -0.4 is 5.32 Å². The molecule has 3 nitrogen and oxygen atoms in total. The molecule has 0 radical (unpaired) electrons. The van der Waals surface area contributed by atoms with Crippen LogP contribution in [-0.4, -0.2) is 22.8 Å². The van der Waals surface area contributed by atoms with E-state index in [2.05, 4.69) is 25.4 Å². The van der Waals surface area contributed by atoms with E-state index in [0.29, 0.717) is 12.8 Å². The van der Waals surface area contributed by atoms with Crippen molar-refractivity contribution < 1.29 is 9.59 Å². The lowest BCUT2D eigenvalue weighted by Gasteiger charge is -2.29. The molecule has 1 heterocycles. The smallest absolute Gasteiger partial charge is 0.226 e. The highest BCUT2D eigenvalue weighted by molar-refractivity contribution is 7.99. The minimum atomic E-state index is -0.122. The summed E-state index contributed by atoms with van der Waals surface area (Å²) in [5.41, 5.74) is 0. The molecule has 0 spiro atoms. The second-order valence-electron chi connectivity index (χ2n) is 4.41. The molecule has 0 aromatic heterocycles. The molecular weight excluding hydrogens is 198 g/mol. The van der Waals surface area contributed by atoms with E-state index in [9.17, 15) is 9.59 Å². The first kappa shape index (κ1) is 11.6. The number of carbonyl (C=O) groups is 2. The highest BCUT2D eigenvalue weighted by Crippen LogP contribution is 2.32. The highest BCUT2D eigenvalue weighted by Gasteiger charge is 2.29. The van der Waals surface area contributed by atoms with Gasteiger partial charge in [0, 0.05) is 17.6 Å². The van der Waals surface area contributed by atoms with Gasteiger partial charge in [-0.25, -0.2) is 0 Å². The Kier molecular flexibility index (Phi) is 3.59. The van der Waals surface area contributed by atoms with Gasteiger partial charge in [-0.3, -0.25) is 14.9 Å². The fraction of sp³-hybridized carbons (Fsp3) is 0.800. The third-order valence-electron chi connectivity index (χ3n) is 2.56. The summed E-state index contributed by atoms with van der Waals surface area (Å²) in [6, 6.07) is 0. The Hall–Kier alpha value is -0.510. The number of thioether (sulfide) groups is 1. The Balaban J connectivity index is 2.52. The van der Waals surface area contributed by atoms with E-state index >= 15 is 0 Å². The van der Waals surface area contributed by atoms with Gasteiger partial charge in [0.1, 0.15) is 0 Å². The zero-order valence-corrected chi connectivity index (χ0v) is 9.74. The molecule has 1 N–H and O–H groups in total. The molecule has 2 amide bonds. The lowest BCUT2D eigenvalue weighted by Crippen LogP contribution is -2.40. The van der Waals surface area contributed by atoms with Crippen LogP contribution in [0.25, 0.3) is 0 Å². The summed E-state index contributed by atoms with van der Waals surface area (Å²) < 4.78 is 0.155. The Morgan fingerprint density at radius 3 is 2.29 bits per heavy atom. The van der Waals surface area contributed by atoms with E-state index in [1.165, 1.54) is 0 Å². The molecule has 4 heteroatoms.